The van der Waals surface area contributed by atoms with E-state index in [1.54, 1.807) is 15.8 Å². The predicted molar refractivity (Wildman–Crippen MR) is 105 cm³/mol. The molecule has 0 saturated carbocycles. The number of thiazole rings is 1. The maximum Gasteiger partial charge on any atom is 0.229 e. The van der Waals surface area contributed by atoms with Crippen LogP contribution < -0.4 is 10.2 Å². The van der Waals surface area contributed by atoms with Gasteiger partial charge in [-0.3, -0.25) is 19.2 Å². The number of aromatic nitrogens is 3. The van der Waals surface area contributed by atoms with Gasteiger partial charge in [0.1, 0.15) is 0 Å². The van der Waals surface area contributed by atoms with E-state index in [0.717, 1.165) is 27.8 Å². The number of hydrogen-bond acceptors (Lipinski definition) is 5. The van der Waals surface area contributed by atoms with Crippen LogP contribution in [0.1, 0.15) is 17.5 Å². The predicted octanol–water partition coefficient (Wildman–Crippen LogP) is 2.05. The maximum atomic E-state index is 12.5. The normalized spacial score (nSPS) is 17.0. The molecule has 1 unspecified atom stereocenters. The first-order valence-corrected chi connectivity index (χ1v) is 9.74. The summed E-state index contributed by atoms with van der Waals surface area (Å²) in [6.45, 7) is 2.96. The van der Waals surface area contributed by atoms with Crippen molar-refractivity contribution < 1.29 is 9.59 Å². The number of carbonyl (C=O) groups is 2. The molecule has 0 bridgehead atoms. The third kappa shape index (κ3) is 3.71. The Kier molecular flexibility index (Phi) is 4.65. The Balaban J connectivity index is 1.38. The van der Waals surface area contributed by atoms with Gasteiger partial charge in [0.25, 0.3) is 0 Å². The molecule has 1 saturated heterocycles. The smallest absolute Gasteiger partial charge is 0.229 e. The van der Waals surface area contributed by atoms with E-state index in [9.17, 15) is 9.59 Å². The first kappa shape index (κ1) is 17.7. The second-order valence-electron chi connectivity index (χ2n) is 6.94. The van der Waals surface area contributed by atoms with E-state index >= 15 is 0 Å². The van der Waals surface area contributed by atoms with Gasteiger partial charge in [0.15, 0.2) is 5.13 Å². The van der Waals surface area contributed by atoms with Crippen LogP contribution in [-0.2, 0) is 23.1 Å². The Morgan fingerprint density at radius 3 is 3.04 bits per heavy atom. The van der Waals surface area contributed by atoms with Gasteiger partial charge in [-0.05, 0) is 36.6 Å². The van der Waals surface area contributed by atoms with E-state index in [1.807, 2.05) is 32.3 Å². The lowest BCUT2D eigenvalue weighted by molar-refractivity contribution is -0.126. The summed E-state index contributed by atoms with van der Waals surface area (Å²) in [6.07, 6.45) is 4.68. The summed E-state index contributed by atoms with van der Waals surface area (Å²) >= 11 is 1.50. The molecular weight excluding hydrogens is 362 g/mol. The fourth-order valence-electron chi connectivity index (χ4n) is 3.28. The third-order valence-electron chi connectivity index (χ3n) is 4.73. The van der Waals surface area contributed by atoms with Gasteiger partial charge in [0.2, 0.25) is 11.8 Å². The fraction of sp³-hybridized carbons (Fsp3) is 0.368. The van der Waals surface area contributed by atoms with Gasteiger partial charge in [-0.2, -0.15) is 5.10 Å². The average Bonchev–Trinajstić information content (AvgIpc) is 3.32. The van der Waals surface area contributed by atoms with E-state index in [2.05, 4.69) is 21.5 Å². The highest BCUT2D eigenvalue weighted by molar-refractivity contribution is 7.22. The molecule has 2 aromatic heterocycles. The summed E-state index contributed by atoms with van der Waals surface area (Å²) in [6, 6.07) is 6.05. The number of aryl methyl sites for hydroxylation is 2. The highest BCUT2D eigenvalue weighted by atomic mass is 32.1. The van der Waals surface area contributed by atoms with Gasteiger partial charge in [-0.15, -0.1) is 0 Å². The Labute approximate surface area is 161 Å². The molecule has 1 atom stereocenters. The monoisotopic (exact) mass is 383 g/mol. The van der Waals surface area contributed by atoms with E-state index in [1.165, 1.54) is 11.3 Å². The number of fused-ring (bicyclic) bond motifs is 1. The number of anilines is 1. The van der Waals surface area contributed by atoms with Crippen LogP contribution >= 0.6 is 11.3 Å². The quantitative estimate of drug-likeness (QED) is 0.731. The third-order valence-corrected chi connectivity index (χ3v) is 5.77. The number of nitrogens with one attached hydrogen (secondary N) is 1. The molecule has 0 aliphatic carbocycles. The lowest BCUT2D eigenvalue weighted by Gasteiger charge is -2.13. The number of benzene rings is 1. The van der Waals surface area contributed by atoms with Gasteiger partial charge in [-0.1, -0.05) is 17.4 Å². The van der Waals surface area contributed by atoms with Crippen LogP contribution in [0.5, 0.6) is 0 Å². The molecule has 27 heavy (non-hydrogen) atoms. The highest BCUT2D eigenvalue weighted by Crippen LogP contribution is 2.33. The largest absolute Gasteiger partial charge is 0.355 e. The molecule has 3 aromatic rings. The molecular formula is C19H21N5O2S. The summed E-state index contributed by atoms with van der Waals surface area (Å²) in [5, 5.41) is 7.73. The Morgan fingerprint density at radius 1 is 1.41 bits per heavy atom. The minimum absolute atomic E-state index is 0.0433. The topological polar surface area (TPSA) is 80.1 Å². The standard InChI is InChI=1S/C19H21N5O2S/c1-12-3-4-15-16(7-12)27-19(22-15)24-11-14(8-17(24)25)18(26)20-6-5-13-9-21-23(2)10-13/h3-4,7,9-10,14H,5-6,8,11H2,1-2H3,(H,20,26). The van der Waals surface area contributed by atoms with E-state index in [4.69, 9.17) is 0 Å². The average molecular weight is 383 g/mol. The number of nitrogens with zero attached hydrogens (tertiary/aromatic N) is 4. The van der Waals surface area contributed by atoms with E-state index in [-0.39, 0.29) is 24.2 Å². The van der Waals surface area contributed by atoms with Crippen molar-refractivity contribution in [3.8, 4) is 0 Å². The number of rotatable bonds is 5. The first-order valence-electron chi connectivity index (χ1n) is 8.92. The Hall–Kier alpha value is -2.74. The molecule has 1 aliphatic rings. The second kappa shape index (κ2) is 7.11. The van der Waals surface area contributed by atoms with E-state index < -0.39 is 0 Å². The lowest BCUT2D eigenvalue weighted by atomic mass is 10.1. The van der Waals surface area contributed by atoms with Gasteiger partial charge in [-0.25, -0.2) is 4.98 Å². The zero-order valence-electron chi connectivity index (χ0n) is 15.3. The summed E-state index contributed by atoms with van der Waals surface area (Å²) in [4.78, 5) is 31.1. The van der Waals surface area contributed by atoms with Gasteiger partial charge in [0.05, 0.1) is 22.3 Å². The van der Waals surface area contributed by atoms with E-state index in [0.29, 0.717) is 18.2 Å². The molecule has 1 aliphatic heterocycles. The van der Waals surface area contributed by atoms with Crippen molar-refractivity contribution in [1.82, 2.24) is 20.1 Å². The zero-order chi connectivity index (χ0) is 19.0. The van der Waals surface area contributed by atoms with Gasteiger partial charge in [0, 0.05) is 32.8 Å². The van der Waals surface area contributed by atoms with Crippen LogP contribution in [0.2, 0.25) is 0 Å². The van der Waals surface area contributed by atoms with Gasteiger partial charge < -0.3 is 5.32 Å². The summed E-state index contributed by atoms with van der Waals surface area (Å²) < 4.78 is 2.80. The second-order valence-corrected chi connectivity index (χ2v) is 7.95. The van der Waals surface area contributed by atoms with Crippen LogP contribution in [0.15, 0.2) is 30.6 Å². The molecule has 2 amide bonds. The SMILES string of the molecule is Cc1ccc2nc(N3CC(C(=O)NCCc4cnn(C)c4)CC3=O)sc2c1. The molecule has 4 rings (SSSR count). The molecule has 3 heterocycles. The number of amides is 2. The summed E-state index contributed by atoms with van der Waals surface area (Å²) in [5.74, 6) is -0.454. The van der Waals surface area contributed by atoms with Crippen molar-refractivity contribution in [3.05, 3.63) is 41.7 Å². The number of hydrogen-bond donors (Lipinski definition) is 1. The Bertz CT molecular complexity index is 1010. The van der Waals surface area contributed by atoms with Crippen molar-refractivity contribution in [2.75, 3.05) is 18.0 Å². The molecule has 0 spiro atoms. The molecule has 1 aromatic carbocycles. The van der Waals surface area contributed by atoms with Crippen molar-refractivity contribution in [3.63, 3.8) is 0 Å². The van der Waals surface area contributed by atoms with Crippen LogP contribution in [-0.4, -0.2) is 39.7 Å². The molecule has 1 fully saturated rings. The molecule has 7 nitrogen and oxygen atoms in total. The molecule has 0 radical (unpaired) electrons. The van der Waals surface area contributed by atoms with Crippen molar-refractivity contribution in [2.24, 2.45) is 13.0 Å². The minimum Gasteiger partial charge on any atom is -0.355 e. The molecule has 1 N–H and O–H groups in total. The number of carbonyl (C=O) groups excluding carboxylic acids is 2. The van der Waals surface area contributed by atoms with Crippen LogP contribution in [0.4, 0.5) is 5.13 Å². The maximum absolute atomic E-state index is 12.5. The highest BCUT2D eigenvalue weighted by Gasteiger charge is 2.36. The van der Waals surface area contributed by atoms with Crippen molar-refractivity contribution in [1.29, 1.82) is 0 Å². The van der Waals surface area contributed by atoms with Crippen LogP contribution in [0.3, 0.4) is 0 Å². The van der Waals surface area contributed by atoms with Crippen LogP contribution in [0, 0.1) is 12.8 Å². The summed E-state index contributed by atoms with van der Waals surface area (Å²) in [7, 11) is 1.87. The zero-order valence-corrected chi connectivity index (χ0v) is 16.1. The Morgan fingerprint density at radius 2 is 2.26 bits per heavy atom. The van der Waals surface area contributed by atoms with Crippen LogP contribution in [0.25, 0.3) is 10.2 Å². The molecule has 8 heteroatoms. The van der Waals surface area contributed by atoms with Crippen molar-refractivity contribution in [2.45, 2.75) is 19.8 Å². The fourth-order valence-corrected chi connectivity index (χ4v) is 4.37. The van der Waals surface area contributed by atoms with Gasteiger partial charge >= 0.3 is 0 Å². The first-order chi connectivity index (χ1) is 13.0. The summed E-state index contributed by atoms with van der Waals surface area (Å²) in [5.41, 5.74) is 3.13. The van der Waals surface area contributed by atoms with Crippen molar-refractivity contribution >= 4 is 38.5 Å². The lowest BCUT2D eigenvalue weighted by Crippen LogP contribution is -2.34. The molecule has 140 valence electrons. The minimum atomic E-state index is -0.333.